The van der Waals surface area contributed by atoms with Crippen LogP contribution in [0.15, 0.2) is 9.27 Å². The largest absolute Gasteiger partial charge is 0.294 e. The van der Waals surface area contributed by atoms with E-state index >= 15 is 0 Å². The van der Waals surface area contributed by atoms with E-state index < -0.39 is 0 Å². The van der Waals surface area contributed by atoms with Crippen LogP contribution >= 0.6 is 15.9 Å². The minimum Gasteiger partial charge on any atom is -0.294 e. The van der Waals surface area contributed by atoms with Gasteiger partial charge in [-0.15, -0.1) is 0 Å². The topological polar surface area (TPSA) is 65.7 Å². The molecule has 0 radical (unpaired) electrons. The van der Waals surface area contributed by atoms with Crippen LogP contribution in [0.1, 0.15) is 17.4 Å². The Morgan fingerprint density at radius 3 is 2.30 bits per heavy atom. The van der Waals surface area contributed by atoms with E-state index in [9.17, 15) is 9.59 Å². The fourth-order valence-electron chi connectivity index (χ4n) is 0.585. The van der Waals surface area contributed by atoms with Crippen molar-refractivity contribution in [2.75, 3.05) is 0 Å². The van der Waals surface area contributed by atoms with Gasteiger partial charge >= 0.3 is 0 Å². The molecule has 1 rings (SSSR count). The number of nitrogens with one attached hydrogen (secondary N) is 2. The molecule has 0 aromatic carbocycles. The maximum absolute atomic E-state index is 10.7. The lowest BCUT2D eigenvalue weighted by Gasteiger charge is -1.85. The Balaban J connectivity index is 3.31. The van der Waals surface area contributed by atoms with Gasteiger partial charge in [0.05, 0.1) is 0 Å². The van der Waals surface area contributed by atoms with Crippen molar-refractivity contribution in [2.45, 2.75) is 6.92 Å². The number of carbonyl (C=O) groups excluding carboxylic acids is 1. The molecule has 0 atom stereocenters. The molecule has 0 saturated heterocycles. The van der Waals surface area contributed by atoms with E-state index in [0.717, 1.165) is 0 Å². The molecule has 54 valence electrons. The first-order valence-electron chi connectivity index (χ1n) is 2.60. The zero-order valence-corrected chi connectivity index (χ0v) is 6.78. The van der Waals surface area contributed by atoms with Gasteiger partial charge in [-0.3, -0.25) is 19.8 Å². The Kier molecular flexibility index (Phi) is 1.76. The van der Waals surface area contributed by atoms with Crippen LogP contribution in [0.5, 0.6) is 0 Å². The van der Waals surface area contributed by atoms with Crippen molar-refractivity contribution in [3.8, 4) is 0 Å². The van der Waals surface area contributed by atoms with Gasteiger partial charge in [0.2, 0.25) is 0 Å². The summed E-state index contributed by atoms with van der Waals surface area (Å²) in [4.78, 5) is 21.3. The predicted octanol–water partition coefficient (Wildman–Crippen LogP) is 0.668. The summed E-state index contributed by atoms with van der Waals surface area (Å²) in [6.45, 7) is 1.38. The van der Waals surface area contributed by atoms with E-state index in [0.29, 0.717) is 0 Å². The second-order valence-corrected chi connectivity index (χ2v) is 2.62. The Hall–Kier alpha value is -0.840. The van der Waals surface area contributed by atoms with Gasteiger partial charge in [-0.1, -0.05) is 0 Å². The maximum Gasteiger partial charge on any atom is 0.278 e. The number of ketones is 1. The molecule has 0 aliphatic carbocycles. The summed E-state index contributed by atoms with van der Waals surface area (Å²) in [5.74, 6) is -0.176. The minimum absolute atomic E-state index is 0.176. The summed E-state index contributed by atoms with van der Waals surface area (Å²) in [5, 5.41) is 4.71. The van der Waals surface area contributed by atoms with Crippen molar-refractivity contribution in [1.82, 2.24) is 10.2 Å². The van der Waals surface area contributed by atoms with Crippen molar-refractivity contribution < 1.29 is 4.79 Å². The molecular weight excluding hydrogens is 200 g/mol. The molecule has 1 heterocycles. The molecule has 1 aromatic heterocycles. The molecule has 10 heavy (non-hydrogen) atoms. The average molecular weight is 205 g/mol. The molecular formula is C5H5BrN2O2. The van der Waals surface area contributed by atoms with Crippen LogP contribution in [0.2, 0.25) is 0 Å². The molecule has 0 unspecified atom stereocenters. The Morgan fingerprint density at radius 1 is 1.50 bits per heavy atom. The second-order valence-electron chi connectivity index (χ2n) is 1.82. The van der Waals surface area contributed by atoms with Gasteiger partial charge in [-0.05, 0) is 15.9 Å². The van der Waals surface area contributed by atoms with Crippen molar-refractivity contribution in [3.05, 3.63) is 20.5 Å². The first-order valence-corrected chi connectivity index (χ1v) is 3.39. The van der Waals surface area contributed by atoms with Crippen molar-refractivity contribution in [2.24, 2.45) is 0 Å². The smallest absolute Gasteiger partial charge is 0.278 e. The average Bonchev–Trinajstić information content (AvgIpc) is 2.14. The molecule has 0 amide bonds. The summed E-state index contributed by atoms with van der Waals surface area (Å²) in [7, 11) is 0. The van der Waals surface area contributed by atoms with Gasteiger partial charge in [-0.25, -0.2) is 0 Å². The molecule has 5 heteroatoms. The van der Waals surface area contributed by atoms with Crippen LogP contribution < -0.4 is 5.56 Å². The van der Waals surface area contributed by atoms with Gasteiger partial charge < -0.3 is 0 Å². The number of halogens is 1. The van der Waals surface area contributed by atoms with Crippen LogP contribution in [0.4, 0.5) is 0 Å². The number of aromatic nitrogens is 2. The van der Waals surface area contributed by atoms with E-state index in [1.807, 2.05) is 0 Å². The van der Waals surface area contributed by atoms with Crippen molar-refractivity contribution >= 4 is 21.7 Å². The Morgan fingerprint density at radius 2 is 2.10 bits per heavy atom. The number of Topliss-reactive ketones (excluding diaryl/α,β-unsaturated/α-hetero) is 1. The zero-order chi connectivity index (χ0) is 7.72. The SMILES string of the molecule is CC(=O)c1[nH][nH]c(=O)c1Br. The first-order chi connectivity index (χ1) is 4.63. The molecule has 0 spiro atoms. The molecule has 0 saturated carbocycles. The van der Waals surface area contributed by atoms with Crippen molar-refractivity contribution in [1.29, 1.82) is 0 Å². The number of hydrogen-bond donors (Lipinski definition) is 2. The van der Waals surface area contributed by atoms with E-state index in [1.165, 1.54) is 6.92 Å². The number of H-pyrrole nitrogens is 2. The van der Waals surface area contributed by atoms with E-state index in [1.54, 1.807) is 0 Å². The lowest BCUT2D eigenvalue weighted by atomic mass is 10.3. The highest BCUT2D eigenvalue weighted by Gasteiger charge is 2.09. The molecule has 0 bridgehead atoms. The second kappa shape index (κ2) is 2.42. The molecule has 0 fully saturated rings. The predicted molar refractivity (Wildman–Crippen MR) is 39.1 cm³/mol. The highest BCUT2D eigenvalue weighted by atomic mass is 79.9. The third-order valence-corrected chi connectivity index (χ3v) is 1.83. The standard InChI is InChI=1S/C5H5BrN2O2/c1-2(9)4-3(6)5(10)8-7-4/h1H3,(H2,7,8,10). The number of hydrogen-bond acceptors (Lipinski definition) is 2. The molecule has 0 aliphatic heterocycles. The van der Waals surface area contributed by atoms with Crippen molar-refractivity contribution in [3.63, 3.8) is 0 Å². The summed E-state index contributed by atoms with van der Waals surface area (Å²) in [6, 6.07) is 0. The molecule has 1 aromatic rings. The molecule has 4 nitrogen and oxygen atoms in total. The quantitative estimate of drug-likeness (QED) is 0.661. The highest BCUT2D eigenvalue weighted by molar-refractivity contribution is 9.10. The third kappa shape index (κ3) is 1.04. The van der Waals surface area contributed by atoms with Crippen LogP contribution in [0.25, 0.3) is 0 Å². The number of rotatable bonds is 1. The minimum atomic E-state index is -0.315. The van der Waals surface area contributed by atoms with E-state index in [4.69, 9.17) is 0 Å². The normalized spacial score (nSPS) is 9.80. The van der Waals surface area contributed by atoms with Crippen LogP contribution in [-0.2, 0) is 0 Å². The fourth-order valence-corrected chi connectivity index (χ4v) is 1.06. The van der Waals surface area contributed by atoms with E-state index in [-0.39, 0.29) is 21.5 Å². The number of carbonyl (C=O) groups is 1. The van der Waals surface area contributed by atoms with Gasteiger partial charge in [0.25, 0.3) is 5.56 Å². The molecule has 0 aliphatic rings. The van der Waals surface area contributed by atoms with Gasteiger partial charge in [0.1, 0.15) is 10.2 Å². The summed E-state index contributed by atoms with van der Waals surface area (Å²) in [6.07, 6.45) is 0. The Bertz CT molecular complexity index is 312. The van der Waals surface area contributed by atoms with Gasteiger partial charge in [-0.2, -0.15) is 0 Å². The first kappa shape index (κ1) is 7.27. The number of aromatic amines is 2. The lowest BCUT2D eigenvalue weighted by Crippen LogP contribution is -1.99. The molecule has 2 N–H and O–H groups in total. The summed E-state index contributed by atoms with van der Waals surface area (Å²) in [5.41, 5.74) is -0.0322. The third-order valence-electron chi connectivity index (χ3n) is 1.07. The van der Waals surface area contributed by atoms with Crippen LogP contribution in [0, 0.1) is 0 Å². The summed E-state index contributed by atoms with van der Waals surface area (Å²) < 4.78 is 0.264. The highest BCUT2D eigenvalue weighted by Crippen LogP contribution is 2.07. The summed E-state index contributed by atoms with van der Waals surface area (Å²) >= 11 is 2.95. The monoisotopic (exact) mass is 204 g/mol. The van der Waals surface area contributed by atoms with Crippen LogP contribution in [-0.4, -0.2) is 16.0 Å². The van der Waals surface area contributed by atoms with Gasteiger partial charge in [0.15, 0.2) is 5.78 Å². The zero-order valence-electron chi connectivity index (χ0n) is 5.19. The lowest BCUT2D eigenvalue weighted by molar-refractivity contribution is 0.101. The fraction of sp³-hybridized carbons (Fsp3) is 0.200. The van der Waals surface area contributed by atoms with Crippen LogP contribution in [0.3, 0.4) is 0 Å². The van der Waals surface area contributed by atoms with Gasteiger partial charge in [0, 0.05) is 6.92 Å². The Labute approximate surface area is 64.7 Å². The maximum atomic E-state index is 10.7. The van der Waals surface area contributed by atoms with E-state index in [2.05, 4.69) is 26.1 Å².